The molecule has 1 aromatic carbocycles. The molecule has 1 fully saturated rings. The van der Waals surface area contributed by atoms with Crippen molar-refractivity contribution in [1.82, 2.24) is 9.97 Å². The maximum atomic E-state index is 13.1. The van der Waals surface area contributed by atoms with Gasteiger partial charge in [0, 0.05) is 24.8 Å². The van der Waals surface area contributed by atoms with Crippen LogP contribution in [-0.2, 0) is 0 Å². The van der Waals surface area contributed by atoms with Gasteiger partial charge >= 0.3 is 0 Å². The molecule has 0 spiro atoms. The van der Waals surface area contributed by atoms with Crippen LogP contribution in [0.5, 0.6) is 0 Å². The van der Waals surface area contributed by atoms with E-state index in [-0.39, 0.29) is 5.91 Å². The van der Waals surface area contributed by atoms with Gasteiger partial charge in [-0.1, -0.05) is 6.07 Å². The molecule has 0 atom stereocenters. The summed E-state index contributed by atoms with van der Waals surface area (Å²) in [5.41, 5.74) is 8.69. The molecule has 1 aliphatic heterocycles. The number of carbonyl (C=O) groups excluding carboxylic acids is 2. The molecule has 2 aromatic heterocycles. The highest BCUT2D eigenvalue weighted by Crippen LogP contribution is 2.32. The molecule has 1 saturated heterocycles. The van der Waals surface area contributed by atoms with E-state index < -0.39 is 5.91 Å². The van der Waals surface area contributed by atoms with Crippen molar-refractivity contribution in [3.63, 3.8) is 0 Å². The molecular weight excluding hydrogens is 398 g/mol. The fourth-order valence-corrected chi connectivity index (χ4v) is 4.52. The lowest BCUT2D eigenvalue weighted by atomic mass is 10.1. The third kappa shape index (κ3) is 4.18. The van der Waals surface area contributed by atoms with Crippen LogP contribution in [0.25, 0.3) is 10.7 Å². The highest BCUT2D eigenvalue weighted by atomic mass is 32.1. The molecule has 3 aromatic rings. The number of piperidine rings is 1. The van der Waals surface area contributed by atoms with E-state index in [0.29, 0.717) is 26.8 Å². The van der Waals surface area contributed by atoms with Crippen molar-refractivity contribution in [2.45, 2.75) is 26.2 Å². The highest BCUT2D eigenvalue weighted by molar-refractivity contribution is 7.17. The van der Waals surface area contributed by atoms with Crippen LogP contribution in [0, 0.1) is 6.92 Å². The Kier molecular flexibility index (Phi) is 5.76. The van der Waals surface area contributed by atoms with Crippen molar-refractivity contribution in [2.75, 3.05) is 23.3 Å². The van der Waals surface area contributed by atoms with E-state index in [0.717, 1.165) is 37.3 Å². The van der Waals surface area contributed by atoms with Gasteiger partial charge in [-0.3, -0.25) is 14.6 Å². The number of amides is 2. The largest absolute Gasteiger partial charge is 0.370 e. The van der Waals surface area contributed by atoms with Crippen LogP contribution in [-0.4, -0.2) is 34.9 Å². The second-order valence-electron chi connectivity index (χ2n) is 7.25. The number of carbonyl (C=O) groups is 2. The minimum absolute atomic E-state index is 0.257. The monoisotopic (exact) mass is 421 g/mol. The number of nitrogens with zero attached hydrogens (tertiary/aromatic N) is 3. The van der Waals surface area contributed by atoms with E-state index in [9.17, 15) is 9.59 Å². The lowest BCUT2D eigenvalue weighted by Crippen LogP contribution is -2.30. The number of rotatable bonds is 5. The van der Waals surface area contributed by atoms with Gasteiger partial charge in [0.15, 0.2) is 0 Å². The highest BCUT2D eigenvalue weighted by Gasteiger charge is 2.21. The standard InChI is InChI=1S/C22H23N5O2S/c1-14-19(30-22(25-14)16-7-3-4-10-24-16)21(29)26-17-13-15(20(23)28)8-9-18(17)27-11-5-2-6-12-27/h3-4,7-10,13H,2,5-6,11-12H2,1H3,(H2,23,28)(H,26,29). The lowest BCUT2D eigenvalue weighted by molar-refractivity contribution is 0.0996. The van der Waals surface area contributed by atoms with Crippen LogP contribution in [0.4, 0.5) is 11.4 Å². The van der Waals surface area contributed by atoms with Gasteiger partial charge in [-0.25, -0.2) is 4.98 Å². The van der Waals surface area contributed by atoms with Crippen molar-refractivity contribution in [3.8, 4) is 10.7 Å². The number of nitrogens with two attached hydrogens (primary N) is 1. The third-order valence-corrected chi connectivity index (χ3v) is 6.29. The Labute approximate surface area is 179 Å². The SMILES string of the molecule is Cc1nc(-c2ccccn2)sc1C(=O)Nc1cc(C(N)=O)ccc1N1CCCCC1. The predicted molar refractivity (Wildman–Crippen MR) is 119 cm³/mol. The first-order chi connectivity index (χ1) is 14.5. The van der Waals surface area contributed by atoms with E-state index in [1.807, 2.05) is 31.2 Å². The average molecular weight is 422 g/mol. The zero-order chi connectivity index (χ0) is 21.1. The maximum Gasteiger partial charge on any atom is 0.267 e. The van der Waals surface area contributed by atoms with Gasteiger partial charge in [0.2, 0.25) is 5.91 Å². The van der Waals surface area contributed by atoms with Gasteiger partial charge < -0.3 is 16.0 Å². The summed E-state index contributed by atoms with van der Waals surface area (Å²) in [6, 6.07) is 10.8. The van der Waals surface area contributed by atoms with Crippen LogP contribution in [0.2, 0.25) is 0 Å². The minimum Gasteiger partial charge on any atom is -0.370 e. The molecule has 4 rings (SSSR count). The number of primary amides is 1. The Balaban J connectivity index is 1.64. The molecule has 0 unspecified atom stereocenters. The second-order valence-corrected chi connectivity index (χ2v) is 8.25. The number of aromatic nitrogens is 2. The van der Waals surface area contributed by atoms with E-state index in [1.54, 1.807) is 18.3 Å². The Bertz CT molecular complexity index is 1070. The number of hydrogen-bond acceptors (Lipinski definition) is 6. The number of anilines is 2. The van der Waals surface area contributed by atoms with Gasteiger partial charge in [-0.2, -0.15) is 0 Å². The van der Waals surface area contributed by atoms with E-state index in [1.165, 1.54) is 17.8 Å². The first-order valence-electron chi connectivity index (χ1n) is 9.92. The quantitative estimate of drug-likeness (QED) is 0.651. The molecule has 154 valence electrons. The molecule has 2 amide bonds. The molecule has 0 saturated carbocycles. The van der Waals surface area contributed by atoms with Crippen LogP contribution < -0.4 is 16.0 Å². The zero-order valence-electron chi connectivity index (χ0n) is 16.7. The maximum absolute atomic E-state index is 13.1. The number of pyridine rings is 1. The Hall–Kier alpha value is -3.26. The van der Waals surface area contributed by atoms with Crippen LogP contribution in [0.1, 0.15) is 45.0 Å². The van der Waals surface area contributed by atoms with E-state index >= 15 is 0 Å². The van der Waals surface area contributed by atoms with Crippen LogP contribution in [0.15, 0.2) is 42.6 Å². The smallest absolute Gasteiger partial charge is 0.267 e. The first kappa shape index (κ1) is 20.0. The summed E-state index contributed by atoms with van der Waals surface area (Å²) in [4.78, 5) is 36.4. The van der Waals surface area contributed by atoms with Crippen molar-refractivity contribution in [3.05, 3.63) is 58.7 Å². The Morgan fingerprint density at radius 2 is 1.93 bits per heavy atom. The molecule has 30 heavy (non-hydrogen) atoms. The molecule has 1 aliphatic rings. The molecule has 0 bridgehead atoms. The number of nitrogens with one attached hydrogen (secondary N) is 1. The Morgan fingerprint density at radius 3 is 2.63 bits per heavy atom. The predicted octanol–water partition coefficient (Wildman–Crippen LogP) is 3.86. The van der Waals surface area contributed by atoms with Crippen molar-refractivity contribution < 1.29 is 9.59 Å². The summed E-state index contributed by atoms with van der Waals surface area (Å²) in [5.74, 6) is -0.783. The third-order valence-electron chi connectivity index (χ3n) is 5.11. The summed E-state index contributed by atoms with van der Waals surface area (Å²) in [6.07, 6.45) is 5.11. The summed E-state index contributed by atoms with van der Waals surface area (Å²) in [7, 11) is 0. The number of aryl methyl sites for hydroxylation is 1. The summed E-state index contributed by atoms with van der Waals surface area (Å²) < 4.78 is 0. The van der Waals surface area contributed by atoms with Gasteiger partial charge in [0.25, 0.3) is 5.91 Å². The number of hydrogen-bond donors (Lipinski definition) is 2. The molecule has 3 heterocycles. The van der Waals surface area contributed by atoms with Crippen LogP contribution in [0.3, 0.4) is 0 Å². The van der Waals surface area contributed by atoms with Gasteiger partial charge in [0.05, 0.1) is 22.8 Å². The number of thiazole rings is 1. The van der Waals surface area contributed by atoms with Crippen molar-refractivity contribution >= 4 is 34.5 Å². The minimum atomic E-state index is -0.526. The summed E-state index contributed by atoms with van der Waals surface area (Å²) in [5, 5.41) is 3.68. The average Bonchev–Trinajstić information content (AvgIpc) is 3.16. The fourth-order valence-electron chi connectivity index (χ4n) is 3.58. The van der Waals surface area contributed by atoms with Crippen molar-refractivity contribution in [2.24, 2.45) is 5.73 Å². The lowest BCUT2D eigenvalue weighted by Gasteiger charge is -2.30. The fraction of sp³-hybridized carbons (Fsp3) is 0.273. The molecular formula is C22H23N5O2S. The number of benzene rings is 1. The van der Waals surface area contributed by atoms with E-state index in [2.05, 4.69) is 20.2 Å². The molecule has 0 aliphatic carbocycles. The zero-order valence-corrected chi connectivity index (χ0v) is 17.5. The summed E-state index contributed by atoms with van der Waals surface area (Å²) >= 11 is 1.30. The topological polar surface area (TPSA) is 101 Å². The van der Waals surface area contributed by atoms with Crippen LogP contribution >= 0.6 is 11.3 Å². The van der Waals surface area contributed by atoms with Gasteiger partial charge in [-0.15, -0.1) is 11.3 Å². The van der Waals surface area contributed by atoms with Gasteiger partial charge in [-0.05, 0) is 56.5 Å². The summed E-state index contributed by atoms with van der Waals surface area (Å²) in [6.45, 7) is 3.65. The second kappa shape index (κ2) is 8.62. The molecule has 0 radical (unpaired) electrons. The molecule has 3 N–H and O–H groups in total. The van der Waals surface area contributed by atoms with E-state index in [4.69, 9.17) is 5.73 Å². The Morgan fingerprint density at radius 1 is 1.13 bits per heavy atom. The first-order valence-corrected chi connectivity index (χ1v) is 10.7. The van der Waals surface area contributed by atoms with Gasteiger partial charge in [0.1, 0.15) is 9.88 Å². The molecule has 7 nitrogen and oxygen atoms in total. The normalized spacial score (nSPS) is 13.8. The van der Waals surface area contributed by atoms with Crippen molar-refractivity contribution in [1.29, 1.82) is 0 Å². The molecule has 8 heteroatoms.